The van der Waals surface area contributed by atoms with Crippen molar-refractivity contribution < 1.29 is 4.74 Å². The lowest BCUT2D eigenvalue weighted by Gasteiger charge is -2.11. The van der Waals surface area contributed by atoms with E-state index in [4.69, 9.17) is 4.74 Å². The summed E-state index contributed by atoms with van der Waals surface area (Å²) in [6.07, 6.45) is 5.47. The van der Waals surface area contributed by atoms with Crippen LogP contribution in [0.4, 0.5) is 0 Å². The molecule has 2 rings (SSSR count). The summed E-state index contributed by atoms with van der Waals surface area (Å²) >= 11 is 1.85. The largest absolute Gasteiger partial charge is 0.383 e. The lowest BCUT2D eigenvalue weighted by Crippen LogP contribution is -2.18. The highest BCUT2D eigenvalue weighted by Crippen LogP contribution is 2.32. The fourth-order valence-corrected chi connectivity index (χ4v) is 3.86. The van der Waals surface area contributed by atoms with Crippen LogP contribution < -0.4 is 5.32 Å². The van der Waals surface area contributed by atoms with Crippen LogP contribution in [0.3, 0.4) is 0 Å². The van der Waals surface area contributed by atoms with E-state index in [1.807, 2.05) is 17.8 Å². The maximum absolute atomic E-state index is 9.34. The predicted molar refractivity (Wildman–Crippen MR) is 87.4 cm³/mol. The summed E-state index contributed by atoms with van der Waals surface area (Å²) in [5, 5.41) is 12.6. The lowest BCUT2D eigenvalue weighted by atomic mass is 10.1. The van der Waals surface area contributed by atoms with E-state index in [0.717, 1.165) is 40.8 Å². The second kappa shape index (κ2) is 9.09. The van der Waals surface area contributed by atoms with Crippen molar-refractivity contribution in [2.45, 2.75) is 37.1 Å². The summed E-state index contributed by atoms with van der Waals surface area (Å²) in [4.78, 5) is 1.13. The molecule has 4 heteroatoms. The molecule has 0 unspecified atom stereocenters. The van der Waals surface area contributed by atoms with Gasteiger partial charge in [-0.15, -0.1) is 11.8 Å². The molecule has 0 amide bonds. The van der Waals surface area contributed by atoms with Crippen molar-refractivity contribution in [3.05, 3.63) is 29.3 Å². The van der Waals surface area contributed by atoms with Gasteiger partial charge in [0, 0.05) is 30.8 Å². The second-order valence-electron chi connectivity index (χ2n) is 5.57. The minimum absolute atomic E-state index is 0.709. The highest BCUT2D eigenvalue weighted by molar-refractivity contribution is 7.99. The molecule has 0 saturated heterocycles. The molecule has 0 heterocycles. The zero-order valence-electron chi connectivity index (χ0n) is 12.7. The Balaban J connectivity index is 1.88. The predicted octanol–water partition coefficient (Wildman–Crippen LogP) is 3.58. The van der Waals surface area contributed by atoms with Gasteiger partial charge in [0.05, 0.1) is 12.2 Å². The third-order valence-electron chi connectivity index (χ3n) is 3.93. The minimum Gasteiger partial charge on any atom is -0.383 e. The van der Waals surface area contributed by atoms with Crippen molar-refractivity contribution in [2.24, 2.45) is 5.92 Å². The van der Waals surface area contributed by atoms with Gasteiger partial charge < -0.3 is 10.1 Å². The summed E-state index contributed by atoms with van der Waals surface area (Å²) < 4.78 is 5.01. The van der Waals surface area contributed by atoms with Crippen LogP contribution in [-0.4, -0.2) is 26.0 Å². The Morgan fingerprint density at radius 1 is 1.38 bits per heavy atom. The first-order valence-corrected chi connectivity index (χ1v) is 8.67. The maximum atomic E-state index is 9.34. The Morgan fingerprint density at radius 2 is 2.19 bits per heavy atom. The molecule has 1 aromatic rings. The molecule has 0 bridgehead atoms. The molecule has 21 heavy (non-hydrogen) atoms. The highest BCUT2D eigenvalue weighted by Gasteiger charge is 2.16. The van der Waals surface area contributed by atoms with Crippen LogP contribution in [0.15, 0.2) is 23.1 Å². The van der Waals surface area contributed by atoms with Crippen molar-refractivity contribution >= 4 is 11.8 Å². The van der Waals surface area contributed by atoms with E-state index < -0.39 is 0 Å². The lowest BCUT2D eigenvalue weighted by molar-refractivity contribution is 0.199. The second-order valence-corrected chi connectivity index (χ2v) is 6.64. The molecule has 1 aliphatic carbocycles. The molecule has 0 aliphatic heterocycles. The minimum atomic E-state index is 0.709. The van der Waals surface area contributed by atoms with Gasteiger partial charge in [0.25, 0.3) is 0 Å². The quantitative estimate of drug-likeness (QED) is 0.589. The normalized spacial score (nSPS) is 15.2. The number of nitriles is 1. The van der Waals surface area contributed by atoms with Crippen LogP contribution in [-0.2, 0) is 11.3 Å². The van der Waals surface area contributed by atoms with Gasteiger partial charge in [-0.1, -0.05) is 18.9 Å². The standard InChI is InChI=1S/C17H24N2OS/c1-20-9-8-19-12-15-6-7-17(16(10-15)11-18)21-13-14-4-2-3-5-14/h6-7,10,14,19H,2-5,8-9,12-13H2,1H3. The van der Waals surface area contributed by atoms with E-state index in [0.29, 0.717) is 6.61 Å². The van der Waals surface area contributed by atoms with E-state index in [-0.39, 0.29) is 0 Å². The third-order valence-corrected chi connectivity index (χ3v) is 5.23. The first-order chi connectivity index (χ1) is 10.3. The molecule has 1 saturated carbocycles. The molecular weight excluding hydrogens is 280 g/mol. The van der Waals surface area contributed by atoms with Gasteiger partial charge in [0.1, 0.15) is 6.07 Å². The number of rotatable bonds is 8. The number of nitrogens with one attached hydrogen (secondary N) is 1. The summed E-state index contributed by atoms with van der Waals surface area (Å²) in [6.45, 7) is 2.32. The van der Waals surface area contributed by atoms with E-state index in [2.05, 4.69) is 23.5 Å². The number of hydrogen-bond donors (Lipinski definition) is 1. The first kappa shape index (κ1) is 16.4. The number of benzene rings is 1. The van der Waals surface area contributed by atoms with Crippen molar-refractivity contribution in [2.75, 3.05) is 26.0 Å². The molecule has 0 aromatic heterocycles. The van der Waals surface area contributed by atoms with Gasteiger partial charge in [-0.2, -0.15) is 5.26 Å². The molecule has 1 N–H and O–H groups in total. The van der Waals surface area contributed by atoms with Crippen LogP contribution in [0.2, 0.25) is 0 Å². The van der Waals surface area contributed by atoms with Crippen LogP contribution in [0.1, 0.15) is 36.8 Å². The van der Waals surface area contributed by atoms with Gasteiger partial charge in [0.15, 0.2) is 0 Å². The summed E-state index contributed by atoms with van der Waals surface area (Å²) in [6, 6.07) is 8.58. The molecule has 114 valence electrons. The number of methoxy groups -OCH3 is 1. The van der Waals surface area contributed by atoms with E-state index in [1.54, 1.807) is 7.11 Å². The molecule has 1 fully saturated rings. The molecule has 1 aliphatic rings. The maximum Gasteiger partial charge on any atom is 0.100 e. The third kappa shape index (κ3) is 5.35. The van der Waals surface area contributed by atoms with Crippen LogP contribution in [0.5, 0.6) is 0 Å². The topological polar surface area (TPSA) is 45.0 Å². The van der Waals surface area contributed by atoms with Gasteiger partial charge in [-0.3, -0.25) is 0 Å². The molecular formula is C17H24N2OS. The van der Waals surface area contributed by atoms with Gasteiger partial charge in [0.2, 0.25) is 0 Å². The zero-order chi connectivity index (χ0) is 14.9. The average Bonchev–Trinajstić information content (AvgIpc) is 3.03. The number of thioether (sulfide) groups is 1. The molecule has 1 aromatic carbocycles. The van der Waals surface area contributed by atoms with Crippen molar-refractivity contribution in [3.63, 3.8) is 0 Å². The van der Waals surface area contributed by atoms with Crippen molar-refractivity contribution in [1.29, 1.82) is 5.26 Å². The molecule has 0 atom stereocenters. The summed E-state index contributed by atoms with van der Waals surface area (Å²) in [7, 11) is 1.70. The van der Waals surface area contributed by atoms with Gasteiger partial charge >= 0.3 is 0 Å². The van der Waals surface area contributed by atoms with Gasteiger partial charge in [-0.05, 0) is 36.5 Å². The fourth-order valence-electron chi connectivity index (χ4n) is 2.69. The monoisotopic (exact) mass is 304 g/mol. The first-order valence-electron chi connectivity index (χ1n) is 7.69. The number of nitrogens with zero attached hydrogens (tertiary/aromatic N) is 1. The van der Waals surface area contributed by atoms with Gasteiger partial charge in [-0.25, -0.2) is 0 Å². The van der Waals surface area contributed by atoms with Crippen molar-refractivity contribution in [3.8, 4) is 6.07 Å². The Kier molecular flexibility index (Phi) is 7.08. The zero-order valence-corrected chi connectivity index (χ0v) is 13.5. The molecule has 3 nitrogen and oxygen atoms in total. The molecule has 0 spiro atoms. The average molecular weight is 304 g/mol. The van der Waals surface area contributed by atoms with E-state index in [1.165, 1.54) is 25.7 Å². The highest BCUT2D eigenvalue weighted by atomic mass is 32.2. The van der Waals surface area contributed by atoms with Crippen LogP contribution in [0.25, 0.3) is 0 Å². The van der Waals surface area contributed by atoms with Crippen molar-refractivity contribution in [1.82, 2.24) is 5.32 Å². The molecule has 0 radical (unpaired) electrons. The summed E-state index contributed by atoms with van der Waals surface area (Å²) in [5.41, 5.74) is 1.97. The Hall–Kier alpha value is -1.02. The Morgan fingerprint density at radius 3 is 2.90 bits per heavy atom. The summed E-state index contributed by atoms with van der Waals surface area (Å²) in [5.74, 6) is 2.00. The number of hydrogen-bond acceptors (Lipinski definition) is 4. The SMILES string of the molecule is COCCNCc1ccc(SCC2CCCC2)c(C#N)c1. The van der Waals surface area contributed by atoms with Crippen LogP contribution >= 0.6 is 11.8 Å². The Bertz CT molecular complexity index is 478. The van der Waals surface area contributed by atoms with E-state index >= 15 is 0 Å². The Labute approximate surface area is 132 Å². The fraction of sp³-hybridized carbons (Fsp3) is 0.588. The number of ether oxygens (including phenoxy) is 1. The smallest absolute Gasteiger partial charge is 0.100 e. The van der Waals surface area contributed by atoms with E-state index in [9.17, 15) is 5.26 Å². The van der Waals surface area contributed by atoms with Crippen LogP contribution in [0, 0.1) is 17.2 Å².